The summed E-state index contributed by atoms with van der Waals surface area (Å²) in [5.74, 6) is -0.209. The molecule has 0 aliphatic rings. The SMILES string of the molecule is Cn1cc(-c2ccncc2/C=C/C(=O)Nc2ccc3ccncc3c2)cn1. The van der Waals surface area contributed by atoms with E-state index >= 15 is 0 Å². The van der Waals surface area contributed by atoms with Gasteiger partial charge in [-0.3, -0.25) is 19.4 Å². The lowest BCUT2D eigenvalue weighted by Crippen LogP contribution is -2.07. The molecule has 0 fully saturated rings. The highest BCUT2D eigenvalue weighted by Gasteiger charge is 2.06. The van der Waals surface area contributed by atoms with Gasteiger partial charge in [0.1, 0.15) is 0 Å². The summed E-state index contributed by atoms with van der Waals surface area (Å²) in [6, 6.07) is 9.57. The van der Waals surface area contributed by atoms with Crippen molar-refractivity contribution in [3.8, 4) is 11.1 Å². The van der Waals surface area contributed by atoms with E-state index < -0.39 is 0 Å². The number of hydrogen-bond acceptors (Lipinski definition) is 4. The first-order valence-electron chi connectivity index (χ1n) is 8.45. The number of carbonyl (C=O) groups excluding carboxylic acids is 1. The van der Waals surface area contributed by atoms with E-state index in [0.29, 0.717) is 0 Å². The summed E-state index contributed by atoms with van der Waals surface area (Å²) in [6.07, 6.45) is 14.0. The highest BCUT2D eigenvalue weighted by molar-refractivity contribution is 6.03. The average molecular weight is 355 g/mol. The van der Waals surface area contributed by atoms with Crippen molar-refractivity contribution in [2.75, 3.05) is 5.32 Å². The Labute approximate surface area is 156 Å². The highest BCUT2D eigenvalue weighted by atomic mass is 16.1. The number of rotatable bonds is 4. The Kier molecular flexibility index (Phi) is 4.45. The molecule has 1 amide bonds. The van der Waals surface area contributed by atoms with Crippen molar-refractivity contribution < 1.29 is 4.79 Å². The smallest absolute Gasteiger partial charge is 0.248 e. The van der Waals surface area contributed by atoms with Gasteiger partial charge in [0.15, 0.2) is 0 Å². The third-order valence-electron chi connectivity index (χ3n) is 4.19. The molecule has 3 aromatic heterocycles. The number of aromatic nitrogens is 4. The lowest BCUT2D eigenvalue weighted by molar-refractivity contribution is -0.111. The number of carbonyl (C=O) groups is 1. The van der Waals surface area contributed by atoms with Crippen molar-refractivity contribution >= 4 is 28.4 Å². The minimum atomic E-state index is -0.209. The summed E-state index contributed by atoms with van der Waals surface area (Å²) in [5.41, 5.74) is 3.52. The molecule has 1 N–H and O–H groups in total. The summed E-state index contributed by atoms with van der Waals surface area (Å²) < 4.78 is 1.74. The van der Waals surface area contributed by atoms with Crippen LogP contribution in [0.1, 0.15) is 5.56 Å². The van der Waals surface area contributed by atoms with E-state index in [1.165, 1.54) is 6.08 Å². The zero-order chi connectivity index (χ0) is 18.6. The van der Waals surface area contributed by atoms with Crippen molar-refractivity contribution in [2.24, 2.45) is 7.05 Å². The van der Waals surface area contributed by atoms with Gasteiger partial charge in [-0.05, 0) is 41.3 Å². The molecule has 132 valence electrons. The van der Waals surface area contributed by atoms with Crippen LogP contribution in [0.2, 0.25) is 0 Å². The monoisotopic (exact) mass is 355 g/mol. The Balaban J connectivity index is 1.53. The van der Waals surface area contributed by atoms with Crippen molar-refractivity contribution in [1.82, 2.24) is 19.7 Å². The van der Waals surface area contributed by atoms with Gasteiger partial charge in [0.2, 0.25) is 5.91 Å². The van der Waals surface area contributed by atoms with Gasteiger partial charge >= 0.3 is 0 Å². The zero-order valence-corrected chi connectivity index (χ0v) is 14.7. The quantitative estimate of drug-likeness (QED) is 0.567. The van der Waals surface area contributed by atoms with Crippen LogP contribution in [-0.4, -0.2) is 25.7 Å². The second kappa shape index (κ2) is 7.21. The Bertz CT molecular complexity index is 1150. The summed E-state index contributed by atoms with van der Waals surface area (Å²) in [6.45, 7) is 0. The van der Waals surface area contributed by atoms with Crippen LogP contribution < -0.4 is 5.32 Å². The molecule has 0 bridgehead atoms. The summed E-state index contributed by atoms with van der Waals surface area (Å²) >= 11 is 0. The van der Waals surface area contributed by atoms with Gasteiger partial charge in [0.05, 0.1) is 6.20 Å². The minimum absolute atomic E-state index is 0.209. The fraction of sp³-hybridized carbons (Fsp3) is 0.0476. The number of hydrogen-bond donors (Lipinski definition) is 1. The van der Waals surface area contributed by atoms with Gasteiger partial charge in [-0.1, -0.05) is 6.07 Å². The van der Waals surface area contributed by atoms with Crippen LogP contribution in [0.3, 0.4) is 0 Å². The van der Waals surface area contributed by atoms with Crippen molar-refractivity contribution in [3.63, 3.8) is 0 Å². The molecule has 0 saturated carbocycles. The average Bonchev–Trinajstić information content (AvgIpc) is 3.13. The zero-order valence-electron chi connectivity index (χ0n) is 14.7. The Morgan fingerprint density at radius 2 is 1.89 bits per heavy atom. The first-order chi connectivity index (χ1) is 13.2. The minimum Gasteiger partial charge on any atom is -0.322 e. The van der Waals surface area contributed by atoms with Crippen molar-refractivity contribution in [2.45, 2.75) is 0 Å². The molecular formula is C21H17N5O. The summed E-state index contributed by atoms with van der Waals surface area (Å²) in [7, 11) is 1.87. The van der Waals surface area contributed by atoms with Crippen LogP contribution in [0.15, 0.2) is 73.6 Å². The predicted molar refractivity (Wildman–Crippen MR) is 106 cm³/mol. The van der Waals surface area contributed by atoms with Gasteiger partial charge in [0, 0.05) is 66.3 Å². The number of amides is 1. The van der Waals surface area contributed by atoms with Crippen LogP contribution >= 0.6 is 0 Å². The number of aryl methyl sites for hydroxylation is 1. The second-order valence-electron chi connectivity index (χ2n) is 6.13. The number of nitrogens with zero attached hydrogens (tertiary/aromatic N) is 4. The van der Waals surface area contributed by atoms with E-state index in [1.807, 2.05) is 43.6 Å². The van der Waals surface area contributed by atoms with Crippen molar-refractivity contribution in [3.05, 3.63) is 79.2 Å². The maximum absolute atomic E-state index is 12.3. The fourth-order valence-corrected chi connectivity index (χ4v) is 2.87. The lowest BCUT2D eigenvalue weighted by Gasteiger charge is -2.05. The Morgan fingerprint density at radius 1 is 1.04 bits per heavy atom. The first-order valence-corrected chi connectivity index (χ1v) is 8.45. The number of anilines is 1. The molecule has 6 nitrogen and oxygen atoms in total. The van der Waals surface area contributed by atoms with E-state index in [0.717, 1.165) is 33.2 Å². The Hall–Kier alpha value is -3.80. The van der Waals surface area contributed by atoms with E-state index in [-0.39, 0.29) is 5.91 Å². The predicted octanol–water partition coefficient (Wildman–Crippen LogP) is 3.68. The van der Waals surface area contributed by atoms with E-state index in [2.05, 4.69) is 20.4 Å². The van der Waals surface area contributed by atoms with Crippen LogP contribution in [0.5, 0.6) is 0 Å². The molecule has 0 unspecified atom stereocenters. The number of benzene rings is 1. The molecule has 6 heteroatoms. The van der Waals surface area contributed by atoms with Crippen LogP contribution in [-0.2, 0) is 11.8 Å². The third-order valence-corrected chi connectivity index (χ3v) is 4.19. The molecule has 1 aromatic carbocycles. The van der Waals surface area contributed by atoms with Crippen LogP contribution in [0, 0.1) is 0 Å². The molecular weight excluding hydrogens is 338 g/mol. The first kappa shape index (κ1) is 16.7. The van der Waals surface area contributed by atoms with Crippen LogP contribution in [0.25, 0.3) is 28.0 Å². The summed E-state index contributed by atoms with van der Waals surface area (Å²) in [4.78, 5) is 20.6. The normalized spacial score (nSPS) is 11.1. The molecule has 3 heterocycles. The molecule has 0 spiro atoms. The molecule has 0 saturated heterocycles. The number of pyridine rings is 2. The maximum Gasteiger partial charge on any atom is 0.248 e. The highest BCUT2D eigenvalue weighted by Crippen LogP contribution is 2.23. The van der Waals surface area contributed by atoms with Gasteiger partial charge in [-0.15, -0.1) is 0 Å². The summed E-state index contributed by atoms with van der Waals surface area (Å²) in [5, 5.41) is 9.13. The molecule has 4 aromatic rings. The maximum atomic E-state index is 12.3. The van der Waals surface area contributed by atoms with Crippen molar-refractivity contribution in [1.29, 1.82) is 0 Å². The van der Waals surface area contributed by atoms with E-state index in [4.69, 9.17) is 0 Å². The van der Waals surface area contributed by atoms with Crippen LogP contribution in [0.4, 0.5) is 5.69 Å². The molecule has 0 aliphatic carbocycles. The fourth-order valence-electron chi connectivity index (χ4n) is 2.87. The van der Waals surface area contributed by atoms with Gasteiger partial charge in [-0.2, -0.15) is 5.10 Å². The molecule has 4 rings (SSSR count). The Morgan fingerprint density at radius 3 is 2.74 bits per heavy atom. The van der Waals surface area contributed by atoms with Gasteiger partial charge in [-0.25, -0.2) is 0 Å². The molecule has 0 aliphatic heterocycles. The molecule has 0 radical (unpaired) electrons. The largest absolute Gasteiger partial charge is 0.322 e. The lowest BCUT2D eigenvalue weighted by atomic mass is 10.0. The van der Waals surface area contributed by atoms with E-state index in [9.17, 15) is 4.79 Å². The molecule has 27 heavy (non-hydrogen) atoms. The third kappa shape index (κ3) is 3.74. The van der Waals surface area contributed by atoms with Gasteiger partial charge in [0.25, 0.3) is 0 Å². The number of nitrogens with one attached hydrogen (secondary N) is 1. The topological polar surface area (TPSA) is 72.7 Å². The number of fused-ring (bicyclic) bond motifs is 1. The second-order valence-corrected chi connectivity index (χ2v) is 6.13. The standard InChI is InChI=1S/C21H17N5O/c1-26-14-18(13-24-26)20-7-9-23-11-16(20)3-5-21(27)25-19-4-2-15-6-8-22-12-17(15)10-19/h2-14H,1H3,(H,25,27)/b5-3+. The van der Waals surface area contributed by atoms with E-state index in [1.54, 1.807) is 41.7 Å². The molecule has 0 atom stereocenters. The van der Waals surface area contributed by atoms with Gasteiger partial charge < -0.3 is 5.32 Å².